The highest BCUT2D eigenvalue weighted by molar-refractivity contribution is 7.22. The van der Waals surface area contributed by atoms with E-state index in [-0.39, 0.29) is 24.4 Å². The van der Waals surface area contributed by atoms with Gasteiger partial charge in [-0.1, -0.05) is 17.4 Å². The number of fused-ring (bicyclic) bond motifs is 1. The van der Waals surface area contributed by atoms with Gasteiger partial charge in [0.05, 0.1) is 16.3 Å². The Morgan fingerprint density at radius 3 is 2.41 bits per heavy atom. The van der Waals surface area contributed by atoms with Gasteiger partial charge in [-0.3, -0.25) is 9.69 Å². The minimum Gasteiger partial charge on any atom is -0.491 e. The third-order valence-corrected chi connectivity index (χ3v) is 5.29. The van der Waals surface area contributed by atoms with Gasteiger partial charge in [0.2, 0.25) is 0 Å². The monoisotopic (exact) mass is 433 g/mol. The Balaban J connectivity index is 0.00000300. The van der Waals surface area contributed by atoms with Crippen LogP contribution in [0.3, 0.4) is 0 Å². The van der Waals surface area contributed by atoms with E-state index in [1.54, 1.807) is 16.2 Å². The van der Waals surface area contributed by atoms with Gasteiger partial charge in [-0.15, -0.1) is 12.4 Å². The largest absolute Gasteiger partial charge is 0.491 e. The lowest BCUT2D eigenvalue weighted by molar-refractivity contribution is 0.0985. The van der Waals surface area contributed by atoms with Crippen LogP contribution < -0.4 is 9.64 Å². The second-order valence-corrected chi connectivity index (χ2v) is 8.43. The van der Waals surface area contributed by atoms with Crippen molar-refractivity contribution in [3.05, 3.63) is 53.6 Å². The molecule has 0 aliphatic heterocycles. The van der Waals surface area contributed by atoms with E-state index < -0.39 is 0 Å². The van der Waals surface area contributed by atoms with Gasteiger partial charge in [-0.05, 0) is 76.8 Å². The number of aromatic nitrogens is 1. The molecular formula is C22H28ClN3O2S. The predicted octanol–water partition coefficient (Wildman–Crippen LogP) is 5.02. The molecule has 0 aliphatic rings. The fourth-order valence-corrected chi connectivity index (χ4v) is 3.91. The van der Waals surface area contributed by atoms with E-state index in [1.165, 1.54) is 5.56 Å². The molecule has 0 unspecified atom stereocenters. The molecule has 3 rings (SSSR count). The summed E-state index contributed by atoms with van der Waals surface area (Å²) < 4.78 is 6.78. The van der Waals surface area contributed by atoms with Crippen molar-refractivity contribution in [3.63, 3.8) is 0 Å². The first-order valence-electron chi connectivity index (χ1n) is 9.44. The van der Waals surface area contributed by atoms with Crippen molar-refractivity contribution in [1.29, 1.82) is 0 Å². The molecule has 0 N–H and O–H groups in total. The second-order valence-electron chi connectivity index (χ2n) is 7.42. The Labute approximate surface area is 182 Å². The lowest BCUT2D eigenvalue weighted by Gasteiger charge is -2.22. The van der Waals surface area contributed by atoms with Gasteiger partial charge >= 0.3 is 0 Å². The number of hydrogen-bond donors (Lipinski definition) is 0. The molecule has 0 aliphatic carbocycles. The van der Waals surface area contributed by atoms with Crippen molar-refractivity contribution in [1.82, 2.24) is 9.88 Å². The van der Waals surface area contributed by atoms with E-state index in [4.69, 9.17) is 9.72 Å². The first kappa shape index (κ1) is 23.1. The van der Waals surface area contributed by atoms with Crippen molar-refractivity contribution in [2.75, 3.05) is 32.1 Å². The molecule has 2 aromatic carbocycles. The number of anilines is 1. The van der Waals surface area contributed by atoms with Gasteiger partial charge in [-0.25, -0.2) is 4.98 Å². The molecule has 1 amide bonds. The van der Waals surface area contributed by atoms with Gasteiger partial charge in [0.25, 0.3) is 5.91 Å². The van der Waals surface area contributed by atoms with E-state index >= 15 is 0 Å². The highest BCUT2D eigenvalue weighted by atomic mass is 35.5. The van der Waals surface area contributed by atoms with E-state index in [9.17, 15) is 4.79 Å². The molecule has 156 valence electrons. The molecule has 0 radical (unpaired) electrons. The quantitative estimate of drug-likeness (QED) is 0.524. The zero-order valence-corrected chi connectivity index (χ0v) is 19.1. The molecule has 0 spiro atoms. The summed E-state index contributed by atoms with van der Waals surface area (Å²) in [4.78, 5) is 21.8. The number of carbonyl (C=O) groups is 1. The minimum atomic E-state index is -0.0475. The molecular weight excluding hydrogens is 406 g/mol. The maximum Gasteiger partial charge on any atom is 0.260 e. The Hall–Kier alpha value is -2.15. The lowest BCUT2D eigenvalue weighted by Crippen LogP contribution is -2.36. The number of ether oxygens (including phenoxy) is 1. The summed E-state index contributed by atoms with van der Waals surface area (Å²) in [7, 11) is 4.00. The van der Waals surface area contributed by atoms with Crippen molar-refractivity contribution in [3.8, 4) is 5.75 Å². The van der Waals surface area contributed by atoms with E-state index in [1.807, 2.05) is 64.3 Å². The van der Waals surface area contributed by atoms with Crippen molar-refractivity contribution < 1.29 is 9.53 Å². The normalized spacial score (nSPS) is 11.0. The van der Waals surface area contributed by atoms with Gasteiger partial charge in [0.1, 0.15) is 5.75 Å². The number of halogens is 1. The maximum absolute atomic E-state index is 13.3. The van der Waals surface area contributed by atoms with Crippen LogP contribution in [-0.4, -0.2) is 49.1 Å². The molecule has 3 aromatic rings. The first-order chi connectivity index (χ1) is 13.3. The van der Waals surface area contributed by atoms with E-state index in [0.717, 1.165) is 27.6 Å². The number of amides is 1. The predicted molar refractivity (Wildman–Crippen MR) is 124 cm³/mol. The van der Waals surface area contributed by atoms with Gasteiger partial charge in [0.15, 0.2) is 5.13 Å². The number of carbonyl (C=O) groups excluding carboxylic acids is 1. The fraction of sp³-hybridized carbons (Fsp3) is 0.364. The number of hydrogen-bond acceptors (Lipinski definition) is 5. The topological polar surface area (TPSA) is 45.7 Å². The molecule has 29 heavy (non-hydrogen) atoms. The molecule has 7 heteroatoms. The van der Waals surface area contributed by atoms with Crippen LogP contribution in [0.4, 0.5) is 5.13 Å². The second kappa shape index (κ2) is 10.1. The summed E-state index contributed by atoms with van der Waals surface area (Å²) in [6.45, 7) is 7.37. The van der Waals surface area contributed by atoms with Gasteiger partial charge < -0.3 is 9.64 Å². The van der Waals surface area contributed by atoms with Crippen LogP contribution in [0.5, 0.6) is 5.75 Å². The van der Waals surface area contributed by atoms with Crippen LogP contribution in [0.1, 0.15) is 29.8 Å². The molecule has 0 bridgehead atoms. The fourth-order valence-electron chi connectivity index (χ4n) is 2.82. The number of aryl methyl sites for hydroxylation is 1. The number of benzene rings is 2. The van der Waals surface area contributed by atoms with Crippen LogP contribution in [0.25, 0.3) is 10.2 Å². The maximum atomic E-state index is 13.3. The molecule has 0 atom stereocenters. The van der Waals surface area contributed by atoms with Crippen LogP contribution >= 0.6 is 23.7 Å². The number of nitrogens with zero attached hydrogens (tertiary/aromatic N) is 3. The third kappa shape index (κ3) is 5.92. The lowest BCUT2D eigenvalue weighted by atomic mass is 10.2. The Morgan fingerprint density at radius 1 is 1.10 bits per heavy atom. The average molecular weight is 434 g/mol. The van der Waals surface area contributed by atoms with E-state index in [2.05, 4.69) is 17.9 Å². The Bertz CT molecular complexity index is 954. The molecule has 0 saturated carbocycles. The Morgan fingerprint density at radius 2 is 1.79 bits per heavy atom. The zero-order chi connectivity index (χ0) is 20.3. The van der Waals surface area contributed by atoms with Gasteiger partial charge in [-0.2, -0.15) is 0 Å². The highest BCUT2D eigenvalue weighted by Crippen LogP contribution is 2.30. The molecule has 1 aromatic heterocycles. The van der Waals surface area contributed by atoms with Crippen LogP contribution in [-0.2, 0) is 0 Å². The third-order valence-electron chi connectivity index (χ3n) is 4.25. The first-order valence-corrected chi connectivity index (χ1v) is 10.3. The van der Waals surface area contributed by atoms with Crippen LogP contribution in [0.2, 0.25) is 0 Å². The average Bonchev–Trinajstić information content (AvgIpc) is 3.04. The summed E-state index contributed by atoms with van der Waals surface area (Å²) in [6.07, 6.45) is 0.101. The number of likely N-dealkylation sites (N-methyl/N-ethyl adjacent to an activating group) is 1. The summed E-state index contributed by atoms with van der Waals surface area (Å²) >= 11 is 1.56. The summed E-state index contributed by atoms with van der Waals surface area (Å²) in [5, 5.41) is 0.731. The molecule has 5 nitrogen and oxygen atoms in total. The zero-order valence-electron chi connectivity index (χ0n) is 17.5. The highest BCUT2D eigenvalue weighted by Gasteiger charge is 2.21. The molecule has 0 fully saturated rings. The molecule has 1 heterocycles. The number of thiazole rings is 1. The summed E-state index contributed by atoms with van der Waals surface area (Å²) in [5.41, 5.74) is 2.74. The minimum absolute atomic E-state index is 0. The van der Waals surface area contributed by atoms with Crippen LogP contribution in [0, 0.1) is 6.92 Å². The van der Waals surface area contributed by atoms with E-state index in [0.29, 0.717) is 12.1 Å². The number of rotatable bonds is 7. The summed E-state index contributed by atoms with van der Waals surface area (Å²) in [5.74, 6) is 0.718. The van der Waals surface area contributed by atoms with Gasteiger partial charge in [0, 0.05) is 18.7 Å². The van der Waals surface area contributed by atoms with Crippen molar-refractivity contribution in [2.45, 2.75) is 26.9 Å². The SMILES string of the molecule is Cc1ccc2nc(N(CCN(C)C)C(=O)c3ccc(OC(C)C)cc3)sc2c1.Cl. The molecule has 0 saturated heterocycles. The van der Waals surface area contributed by atoms with Crippen LogP contribution in [0.15, 0.2) is 42.5 Å². The smallest absolute Gasteiger partial charge is 0.260 e. The Kier molecular flexibility index (Phi) is 8.02. The standard InChI is InChI=1S/C22H27N3O2S.ClH/c1-15(2)27-18-9-7-17(8-10-18)21(26)25(13-12-24(4)5)22-23-19-11-6-16(3)14-20(19)28-22;/h6-11,14-15H,12-13H2,1-5H3;1H. The summed E-state index contributed by atoms with van der Waals surface area (Å²) in [6, 6.07) is 13.5. The van der Waals surface area contributed by atoms with Crippen molar-refractivity contribution in [2.24, 2.45) is 0 Å². The van der Waals surface area contributed by atoms with Crippen molar-refractivity contribution >= 4 is 45.0 Å².